The van der Waals surface area contributed by atoms with Gasteiger partial charge in [0.2, 0.25) is 0 Å². The zero-order valence-corrected chi connectivity index (χ0v) is 8.01. The van der Waals surface area contributed by atoms with Crippen molar-refractivity contribution in [3.63, 3.8) is 0 Å². The van der Waals surface area contributed by atoms with Crippen LogP contribution < -0.4 is 5.76 Å². The van der Waals surface area contributed by atoms with Crippen molar-refractivity contribution >= 4 is 29.5 Å². The van der Waals surface area contributed by atoms with Crippen LogP contribution in [0.2, 0.25) is 0 Å². The van der Waals surface area contributed by atoms with E-state index >= 15 is 0 Å². The van der Waals surface area contributed by atoms with Crippen LogP contribution in [0.25, 0.3) is 11.1 Å². The molecule has 0 radical (unpaired) electrons. The van der Waals surface area contributed by atoms with Gasteiger partial charge in [-0.3, -0.25) is 9.78 Å². The van der Waals surface area contributed by atoms with Gasteiger partial charge in [-0.05, 0) is 18.2 Å². The van der Waals surface area contributed by atoms with Gasteiger partial charge in [-0.15, -0.1) is 0 Å². The minimum absolute atomic E-state index is 0.0981. The zero-order chi connectivity index (χ0) is 10.1. The number of Topliss-reactive ketones (excluding diaryl/α,β-unsaturated/α-hetero) is 1. The molecule has 2 rings (SSSR count). The van der Waals surface area contributed by atoms with Crippen molar-refractivity contribution in [1.82, 2.24) is 4.98 Å². The number of oxazole rings is 1. The van der Waals surface area contributed by atoms with Gasteiger partial charge in [0.15, 0.2) is 11.4 Å². The Kier molecular flexibility index (Phi) is 2.17. The van der Waals surface area contributed by atoms with Crippen molar-refractivity contribution in [1.29, 1.82) is 0 Å². The molecule has 0 aliphatic heterocycles. The van der Waals surface area contributed by atoms with Crippen LogP contribution in [0, 0.1) is 0 Å². The number of rotatable bonds is 2. The average molecular weight is 209 g/mol. The molecule has 1 heterocycles. The number of benzene rings is 1. The summed E-state index contributed by atoms with van der Waals surface area (Å²) in [7, 11) is 0. The Morgan fingerprint density at radius 3 is 3.00 bits per heavy atom. The number of carbonyl (C=O) groups excluding carboxylic acids is 1. The molecule has 0 aliphatic carbocycles. The normalized spacial score (nSPS) is 10.6. The van der Waals surface area contributed by atoms with E-state index in [9.17, 15) is 9.59 Å². The fraction of sp³-hybridized carbons (Fsp3) is 0.111. The van der Waals surface area contributed by atoms with E-state index in [0.717, 1.165) is 0 Å². The molecule has 0 atom stereocenters. The molecule has 1 aromatic carbocycles. The van der Waals surface area contributed by atoms with Crippen LogP contribution in [0.5, 0.6) is 0 Å². The third-order valence-electron chi connectivity index (χ3n) is 1.89. The molecule has 1 aromatic heterocycles. The van der Waals surface area contributed by atoms with E-state index < -0.39 is 5.76 Å². The molecule has 0 aliphatic rings. The molecule has 0 saturated heterocycles. The molecule has 1 N–H and O–H groups in total. The predicted molar refractivity (Wildman–Crippen MR) is 55.0 cm³/mol. The number of aromatic nitrogens is 1. The highest BCUT2D eigenvalue weighted by molar-refractivity contribution is 7.81. The van der Waals surface area contributed by atoms with Crippen LogP contribution in [0.15, 0.2) is 27.4 Å². The van der Waals surface area contributed by atoms with Gasteiger partial charge in [-0.1, -0.05) is 0 Å². The van der Waals surface area contributed by atoms with Gasteiger partial charge in [0.05, 0.1) is 11.3 Å². The number of H-pyrrole nitrogens is 1. The van der Waals surface area contributed by atoms with Gasteiger partial charge in [-0.25, -0.2) is 4.79 Å². The Hall–Kier alpha value is -1.49. The molecular formula is C9H7NO3S. The van der Waals surface area contributed by atoms with Crippen molar-refractivity contribution in [3.8, 4) is 0 Å². The van der Waals surface area contributed by atoms with Crippen LogP contribution in [0.3, 0.4) is 0 Å². The summed E-state index contributed by atoms with van der Waals surface area (Å²) in [5, 5.41) is 0. The first-order chi connectivity index (χ1) is 6.70. The number of hydrogen-bond donors (Lipinski definition) is 2. The molecule has 2 aromatic rings. The molecule has 0 spiro atoms. The Balaban J connectivity index is 2.61. The summed E-state index contributed by atoms with van der Waals surface area (Å²) in [6.45, 7) is 0. The first-order valence-electron chi connectivity index (χ1n) is 3.97. The van der Waals surface area contributed by atoms with Crippen LogP contribution >= 0.6 is 12.6 Å². The largest absolute Gasteiger partial charge is 0.417 e. The first-order valence-corrected chi connectivity index (χ1v) is 4.61. The summed E-state index contributed by atoms with van der Waals surface area (Å²) in [5.41, 5.74) is 1.48. The van der Waals surface area contributed by atoms with E-state index in [2.05, 4.69) is 17.6 Å². The van der Waals surface area contributed by atoms with Gasteiger partial charge in [0, 0.05) is 5.56 Å². The highest BCUT2D eigenvalue weighted by Gasteiger charge is 2.06. The maximum Gasteiger partial charge on any atom is 0.417 e. The molecule has 0 fully saturated rings. The maximum atomic E-state index is 11.3. The van der Waals surface area contributed by atoms with Crippen LogP contribution in [-0.2, 0) is 0 Å². The Morgan fingerprint density at radius 2 is 2.29 bits per heavy atom. The highest BCUT2D eigenvalue weighted by atomic mass is 32.1. The standard InChI is InChI=1S/C9H7NO3S/c11-7(4-14)5-1-2-6-8(3-5)13-9(12)10-6/h1-3,14H,4H2,(H,10,12). The quantitative estimate of drug-likeness (QED) is 0.577. The molecule has 0 saturated carbocycles. The second-order valence-corrected chi connectivity index (χ2v) is 3.12. The van der Waals surface area contributed by atoms with E-state index in [1.165, 1.54) is 6.07 Å². The van der Waals surface area contributed by atoms with Crippen LogP contribution in [0.1, 0.15) is 10.4 Å². The topological polar surface area (TPSA) is 63.1 Å². The maximum absolute atomic E-state index is 11.3. The van der Waals surface area contributed by atoms with Gasteiger partial charge in [0.25, 0.3) is 0 Å². The lowest BCUT2D eigenvalue weighted by atomic mass is 10.1. The number of hydrogen-bond acceptors (Lipinski definition) is 4. The van der Waals surface area contributed by atoms with Gasteiger partial charge in [-0.2, -0.15) is 12.6 Å². The minimum Gasteiger partial charge on any atom is -0.408 e. The van der Waals surface area contributed by atoms with E-state index in [4.69, 9.17) is 4.42 Å². The second-order valence-electron chi connectivity index (χ2n) is 2.81. The fourth-order valence-electron chi connectivity index (χ4n) is 1.21. The average Bonchev–Trinajstić information content (AvgIpc) is 2.55. The third kappa shape index (κ3) is 1.46. The number of ketones is 1. The first kappa shape index (κ1) is 9.08. The molecule has 0 unspecified atom stereocenters. The molecule has 4 nitrogen and oxygen atoms in total. The highest BCUT2D eigenvalue weighted by Crippen LogP contribution is 2.12. The molecule has 0 bridgehead atoms. The molecular weight excluding hydrogens is 202 g/mol. The second kappa shape index (κ2) is 3.34. The fourth-order valence-corrected chi connectivity index (χ4v) is 1.39. The summed E-state index contributed by atoms with van der Waals surface area (Å²) in [6, 6.07) is 4.80. The van der Waals surface area contributed by atoms with E-state index in [1.807, 2.05) is 0 Å². The number of fused-ring (bicyclic) bond motifs is 1. The lowest BCUT2D eigenvalue weighted by Crippen LogP contribution is -1.99. The van der Waals surface area contributed by atoms with Gasteiger partial charge >= 0.3 is 5.76 Å². The third-order valence-corrected chi connectivity index (χ3v) is 2.17. The van der Waals surface area contributed by atoms with E-state index in [1.54, 1.807) is 12.1 Å². The van der Waals surface area contributed by atoms with Crippen LogP contribution in [0.4, 0.5) is 0 Å². The lowest BCUT2D eigenvalue weighted by Gasteiger charge is -1.95. The number of carbonyl (C=O) groups is 1. The lowest BCUT2D eigenvalue weighted by molar-refractivity contribution is 0.102. The van der Waals surface area contributed by atoms with Crippen molar-refractivity contribution in [2.24, 2.45) is 0 Å². The van der Waals surface area contributed by atoms with Crippen molar-refractivity contribution in [2.45, 2.75) is 0 Å². The number of thiol groups is 1. The smallest absolute Gasteiger partial charge is 0.408 e. The van der Waals surface area contributed by atoms with Gasteiger partial charge in [0.1, 0.15) is 0 Å². The molecule has 72 valence electrons. The number of aromatic amines is 1. The zero-order valence-electron chi connectivity index (χ0n) is 7.11. The molecule has 14 heavy (non-hydrogen) atoms. The Morgan fingerprint density at radius 1 is 1.50 bits per heavy atom. The van der Waals surface area contributed by atoms with Crippen molar-refractivity contribution < 1.29 is 9.21 Å². The summed E-state index contributed by atoms with van der Waals surface area (Å²) >= 11 is 3.88. The summed E-state index contributed by atoms with van der Waals surface area (Å²) in [6.07, 6.45) is 0. The van der Waals surface area contributed by atoms with Crippen LogP contribution in [-0.4, -0.2) is 16.5 Å². The molecule has 5 heteroatoms. The minimum atomic E-state index is -0.518. The summed E-state index contributed by atoms with van der Waals surface area (Å²) in [4.78, 5) is 24.6. The number of nitrogens with one attached hydrogen (secondary N) is 1. The summed E-state index contributed by atoms with van der Waals surface area (Å²) in [5.74, 6) is -0.477. The molecule has 0 amide bonds. The Labute approximate surface area is 84.3 Å². The Bertz CT molecular complexity index is 540. The predicted octanol–water partition coefficient (Wildman–Crippen LogP) is 1.23. The monoisotopic (exact) mass is 209 g/mol. The SMILES string of the molecule is O=C(CS)c1ccc2[nH]c(=O)oc2c1. The van der Waals surface area contributed by atoms with Crippen molar-refractivity contribution in [3.05, 3.63) is 34.3 Å². The van der Waals surface area contributed by atoms with Crippen molar-refractivity contribution in [2.75, 3.05) is 5.75 Å². The van der Waals surface area contributed by atoms with E-state index in [-0.39, 0.29) is 11.5 Å². The van der Waals surface area contributed by atoms with E-state index in [0.29, 0.717) is 16.7 Å². The summed E-state index contributed by atoms with van der Waals surface area (Å²) < 4.78 is 4.81. The van der Waals surface area contributed by atoms with Gasteiger partial charge < -0.3 is 4.42 Å².